The number of carbonyl (C=O) groups is 1. The van der Waals surface area contributed by atoms with E-state index in [1.54, 1.807) is 6.92 Å². The van der Waals surface area contributed by atoms with Gasteiger partial charge in [0.15, 0.2) is 6.61 Å². The molecule has 0 aliphatic heterocycles. The van der Waals surface area contributed by atoms with E-state index in [0.29, 0.717) is 11.5 Å². The smallest absolute Gasteiger partial charge is 0.346 e. The van der Waals surface area contributed by atoms with Gasteiger partial charge in [-0.05, 0) is 18.4 Å². The topological polar surface area (TPSA) is 117 Å². The standard InChI is InChI=1S/C12H10N4O4S/c1-6-9(10(13)20-15-6)12(17)18-4-8-14-11(16-19-8)7-2-3-21-5-7/h2-3,5H,4,13H2,1H3. The number of nitrogens with two attached hydrogens (primary N) is 1. The molecule has 3 aromatic rings. The van der Waals surface area contributed by atoms with Crippen molar-refractivity contribution in [3.05, 3.63) is 34.0 Å². The molecule has 0 fully saturated rings. The highest BCUT2D eigenvalue weighted by Crippen LogP contribution is 2.20. The monoisotopic (exact) mass is 306 g/mol. The molecule has 0 amide bonds. The molecule has 8 nitrogen and oxygen atoms in total. The van der Waals surface area contributed by atoms with Crippen LogP contribution in [0.1, 0.15) is 21.9 Å². The van der Waals surface area contributed by atoms with Crippen molar-refractivity contribution in [2.45, 2.75) is 13.5 Å². The van der Waals surface area contributed by atoms with Crippen LogP contribution >= 0.6 is 11.3 Å². The first-order valence-corrected chi connectivity index (χ1v) is 6.83. The zero-order valence-electron chi connectivity index (χ0n) is 10.9. The van der Waals surface area contributed by atoms with Gasteiger partial charge < -0.3 is 19.5 Å². The molecule has 0 unspecified atom stereocenters. The predicted molar refractivity (Wildman–Crippen MR) is 72.4 cm³/mol. The van der Waals surface area contributed by atoms with Crippen molar-refractivity contribution in [1.29, 1.82) is 0 Å². The average molecular weight is 306 g/mol. The summed E-state index contributed by atoms with van der Waals surface area (Å²) in [6.45, 7) is 1.44. The van der Waals surface area contributed by atoms with Crippen LogP contribution in [0.15, 0.2) is 25.9 Å². The van der Waals surface area contributed by atoms with Crippen LogP contribution in [0.2, 0.25) is 0 Å². The highest BCUT2D eigenvalue weighted by Gasteiger charge is 2.21. The number of carbonyl (C=O) groups excluding carboxylic acids is 1. The fraction of sp³-hybridized carbons (Fsp3) is 0.167. The second-order valence-corrected chi connectivity index (χ2v) is 4.89. The maximum Gasteiger partial charge on any atom is 0.346 e. The molecule has 0 radical (unpaired) electrons. The van der Waals surface area contributed by atoms with Gasteiger partial charge in [-0.1, -0.05) is 10.3 Å². The molecule has 21 heavy (non-hydrogen) atoms. The Bertz CT molecular complexity index is 743. The number of hydrogen-bond acceptors (Lipinski definition) is 9. The number of nitrogens with zero attached hydrogens (tertiary/aromatic N) is 3. The van der Waals surface area contributed by atoms with E-state index in [1.165, 1.54) is 11.3 Å². The molecule has 2 N–H and O–H groups in total. The van der Waals surface area contributed by atoms with Gasteiger partial charge in [-0.2, -0.15) is 16.3 Å². The molecular weight excluding hydrogens is 296 g/mol. The van der Waals surface area contributed by atoms with E-state index in [1.807, 2.05) is 16.8 Å². The summed E-state index contributed by atoms with van der Waals surface area (Å²) in [5.41, 5.74) is 6.81. The van der Waals surface area contributed by atoms with Crippen LogP contribution in [-0.4, -0.2) is 21.3 Å². The molecule has 0 saturated heterocycles. The molecule has 3 rings (SSSR count). The number of hydrogen-bond donors (Lipinski definition) is 1. The summed E-state index contributed by atoms with van der Waals surface area (Å²) in [5, 5.41) is 11.2. The third-order valence-corrected chi connectivity index (χ3v) is 3.35. The van der Waals surface area contributed by atoms with Gasteiger partial charge in [-0.3, -0.25) is 0 Å². The van der Waals surface area contributed by atoms with E-state index in [4.69, 9.17) is 19.5 Å². The number of thiophene rings is 1. The van der Waals surface area contributed by atoms with Crippen LogP contribution < -0.4 is 5.73 Å². The van der Waals surface area contributed by atoms with E-state index in [-0.39, 0.29) is 23.9 Å². The maximum absolute atomic E-state index is 11.9. The first-order valence-electron chi connectivity index (χ1n) is 5.89. The predicted octanol–water partition coefficient (Wildman–Crippen LogP) is 2.03. The lowest BCUT2D eigenvalue weighted by Gasteiger charge is -1.99. The van der Waals surface area contributed by atoms with Crippen molar-refractivity contribution in [3.8, 4) is 11.4 Å². The van der Waals surface area contributed by atoms with Crippen molar-refractivity contribution in [3.63, 3.8) is 0 Å². The fourth-order valence-electron chi connectivity index (χ4n) is 1.66. The number of aromatic nitrogens is 3. The highest BCUT2D eigenvalue weighted by molar-refractivity contribution is 7.08. The molecule has 0 aliphatic carbocycles. The van der Waals surface area contributed by atoms with Gasteiger partial charge in [0.1, 0.15) is 5.56 Å². The summed E-state index contributed by atoms with van der Waals surface area (Å²) in [4.78, 5) is 16.0. The number of nitrogen functional groups attached to an aromatic ring is 1. The third kappa shape index (κ3) is 2.63. The van der Waals surface area contributed by atoms with E-state index >= 15 is 0 Å². The van der Waals surface area contributed by atoms with Gasteiger partial charge in [-0.15, -0.1) is 0 Å². The Morgan fingerprint density at radius 3 is 2.95 bits per heavy atom. The van der Waals surface area contributed by atoms with E-state index < -0.39 is 5.97 Å². The van der Waals surface area contributed by atoms with Crippen LogP contribution in [-0.2, 0) is 11.3 Å². The lowest BCUT2D eigenvalue weighted by molar-refractivity contribution is 0.0430. The molecule has 0 spiro atoms. The summed E-state index contributed by atoms with van der Waals surface area (Å²) >= 11 is 1.53. The Hall–Kier alpha value is -2.68. The van der Waals surface area contributed by atoms with Crippen molar-refractivity contribution >= 4 is 23.2 Å². The highest BCUT2D eigenvalue weighted by atomic mass is 32.1. The zero-order chi connectivity index (χ0) is 14.8. The second-order valence-electron chi connectivity index (χ2n) is 4.11. The van der Waals surface area contributed by atoms with Crippen molar-refractivity contribution in [1.82, 2.24) is 15.3 Å². The van der Waals surface area contributed by atoms with Crippen molar-refractivity contribution in [2.24, 2.45) is 0 Å². The fourth-order valence-corrected chi connectivity index (χ4v) is 2.29. The summed E-state index contributed by atoms with van der Waals surface area (Å²) in [6, 6.07) is 1.87. The minimum absolute atomic E-state index is 0.0815. The summed E-state index contributed by atoms with van der Waals surface area (Å²) < 4.78 is 14.8. The number of rotatable bonds is 4. The first-order chi connectivity index (χ1) is 10.1. The van der Waals surface area contributed by atoms with Gasteiger partial charge in [0.05, 0.1) is 5.69 Å². The maximum atomic E-state index is 11.9. The Morgan fingerprint density at radius 1 is 1.43 bits per heavy atom. The van der Waals surface area contributed by atoms with Gasteiger partial charge in [-0.25, -0.2) is 4.79 Å². The quantitative estimate of drug-likeness (QED) is 0.727. The molecule has 0 aliphatic rings. The van der Waals surface area contributed by atoms with E-state index in [0.717, 1.165) is 5.56 Å². The molecule has 0 atom stereocenters. The molecule has 0 aromatic carbocycles. The molecule has 108 valence electrons. The van der Waals surface area contributed by atoms with Crippen LogP contribution in [0.3, 0.4) is 0 Å². The number of aryl methyl sites for hydroxylation is 1. The molecular formula is C12H10N4O4S. The van der Waals surface area contributed by atoms with Gasteiger partial charge in [0.25, 0.3) is 5.89 Å². The second kappa shape index (κ2) is 5.37. The number of anilines is 1. The van der Waals surface area contributed by atoms with Crippen LogP contribution in [0, 0.1) is 6.92 Å². The Morgan fingerprint density at radius 2 is 2.29 bits per heavy atom. The lowest BCUT2D eigenvalue weighted by atomic mass is 10.2. The van der Waals surface area contributed by atoms with Crippen LogP contribution in [0.5, 0.6) is 0 Å². The number of esters is 1. The largest absolute Gasteiger partial charge is 0.452 e. The molecule has 3 aromatic heterocycles. The Kier molecular flexibility index (Phi) is 3.40. The normalized spacial score (nSPS) is 10.7. The first kappa shape index (κ1) is 13.3. The van der Waals surface area contributed by atoms with Gasteiger partial charge in [0.2, 0.25) is 11.7 Å². The zero-order valence-corrected chi connectivity index (χ0v) is 11.7. The van der Waals surface area contributed by atoms with Crippen molar-refractivity contribution < 1.29 is 18.6 Å². The Balaban J connectivity index is 1.67. The minimum atomic E-state index is -0.651. The third-order valence-electron chi connectivity index (χ3n) is 2.67. The van der Waals surface area contributed by atoms with Crippen LogP contribution in [0.25, 0.3) is 11.4 Å². The number of ether oxygens (including phenoxy) is 1. The van der Waals surface area contributed by atoms with Gasteiger partial charge >= 0.3 is 5.97 Å². The Labute approximate surface area is 122 Å². The molecule has 0 bridgehead atoms. The lowest BCUT2D eigenvalue weighted by Crippen LogP contribution is -2.08. The molecule has 0 saturated carbocycles. The van der Waals surface area contributed by atoms with Gasteiger partial charge in [0, 0.05) is 10.9 Å². The molecule has 9 heteroatoms. The minimum Gasteiger partial charge on any atom is -0.452 e. The van der Waals surface area contributed by atoms with Crippen LogP contribution in [0.4, 0.5) is 5.88 Å². The summed E-state index contributed by atoms with van der Waals surface area (Å²) in [7, 11) is 0. The summed E-state index contributed by atoms with van der Waals surface area (Å²) in [6.07, 6.45) is 0. The average Bonchev–Trinajstić information content (AvgIpc) is 3.17. The van der Waals surface area contributed by atoms with E-state index in [2.05, 4.69) is 15.3 Å². The molecule has 3 heterocycles. The van der Waals surface area contributed by atoms with E-state index in [9.17, 15) is 4.79 Å². The SMILES string of the molecule is Cc1noc(N)c1C(=O)OCc1nc(-c2ccsc2)no1. The summed E-state index contributed by atoms with van der Waals surface area (Å²) in [5.74, 6) is -0.0938. The van der Waals surface area contributed by atoms with Crippen molar-refractivity contribution in [2.75, 3.05) is 5.73 Å².